The minimum atomic E-state index is -0.697. The highest BCUT2D eigenvalue weighted by atomic mass is 32.1. The van der Waals surface area contributed by atoms with Gasteiger partial charge in [0.1, 0.15) is 21.8 Å². The Hall–Kier alpha value is -3.40. The smallest absolute Gasteiger partial charge is 0.270 e. The molecule has 1 amide bonds. The van der Waals surface area contributed by atoms with Gasteiger partial charge in [-0.15, -0.1) is 11.3 Å². The maximum Gasteiger partial charge on any atom is 0.270 e. The topological polar surface area (TPSA) is 131 Å². The van der Waals surface area contributed by atoms with E-state index in [1.165, 1.54) is 10.8 Å². The first-order valence-corrected chi connectivity index (χ1v) is 8.83. The summed E-state index contributed by atoms with van der Waals surface area (Å²) >= 11 is 1.01. The zero-order valence-electron chi connectivity index (χ0n) is 14.5. The van der Waals surface area contributed by atoms with Gasteiger partial charge in [-0.1, -0.05) is 12.1 Å². The van der Waals surface area contributed by atoms with Crippen molar-refractivity contribution in [3.63, 3.8) is 0 Å². The van der Waals surface area contributed by atoms with E-state index in [0.717, 1.165) is 16.9 Å². The summed E-state index contributed by atoms with van der Waals surface area (Å²) in [4.78, 5) is 24.7. The summed E-state index contributed by atoms with van der Waals surface area (Å²) in [6, 6.07) is 10.6. The number of nitrogens with one attached hydrogen (secondary N) is 2. The van der Waals surface area contributed by atoms with Crippen molar-refractivity contribution in [2.75, 3.05) is 11.9 Å². The number of anilines is 1. The first kappa shape index (κ1) is 19.9. The van der Waals surface area contributed by atoms with E-state index in [0.29, 0.717) is 10.2 Å². The van der Waals surface area contributed by atoms with E-state index in [1.54, 1.807) is 37.3 Å². The van der Waals surface area contributed by atoms with E-state index in [2.05, 4.69) is 10.6 Å². The number of nitrogens with zero attached hydrogens (tertiary/aromatic N) is 3. The minimum absolute atomic E-state index is 0.0976. The Labute approximate surface area is 158 Å². The number of amides is 1. The third-order valence-corrected chi connectivity index (χ3v) is 4.71. The summed E-state index contributed by atoms with van der Waals surface area (Å²) in [5.41, 5.74) is 0.871. The third-order valence-electron chi connectivity index (χ3n) is 3.58. The van der Waals surface area contributed by atoms with Gasteiger partial charge in [0.25, 0.3) is 11.5 Å². The molecule has 8 nitrogen and oxygen atoms in total. The third kappa shape index (κ3) is 4.61. The number of thiazole rings is 1. The van der Waals surface area contributed by atoms with Gasteiger partial charge in [-0.2, -0.15) is 10.5 Å². The Morgan fingerprint density at radius 2 is 2.19 bits per heavy atom. The molecular weight excluding hydrogens is 366 g/mol. The van der Waals surface area contributed by atoms with Gasteiger partial charge < -0.3 is 15.7 Å². The van der Waals surface area contributed by atoms with Crippen LogP contribution in [-0.2, 0) is 17.9 Å². The molecule has 1 aromatic carbocycles. The maximum absolute atomic E-state index is 12.6. The van der Waals surface area contributed by atoms with Crippen molar-refractivity contribution in [3.05, 3.63) is 49.4 Å². The van der Waals surface area contributed by atoms with Crippen molar-refractivity contribution in [1.82, 2.24) is 9.88 Å². The second kappa shape index (κ2) is 9.34. The van der Waals surface area contributed by atoms with Crippen molar-refractivity contribution in [2.24, 2.45) is 0 Å². The normalized spacial score (nSPS) is 12.1. The summed E-state index contributed by atoms with van der Waals surface area (Å²) in [6.45, 7) is 1.70. The van der Waals surface area contributed by atoms with E-state index in [1.807, 2.05) is 6.07 Å². The van der Waals surface area contributed by atoms with Crippen LogP contribution in [-0.4, -0.2) is 22.1 Å². The van der Waals surface area contributed by atoms with Gasteiger partial charge in [-0.3, -0.25) is 14.2 Å². The summed E-state index contributed by atoms with van der Waals surface area (Å²) in [5, 5.41) is 32.4. The Morgan fingerprint density at radius 1 is 1.41 bits per heavy atom. The fourth-order valence-corrected chi connectivity index (χ4v) is 3.39. The van der Waals surface area contributed by atoms with Crippen LogP contribution in [0.5, 0.6) is 0 Å². The summed E-state index contributed by atoms with van der Waals surface area (Å²) in [7, 11) is 0. The minimum Gasteiger partial charge on any atom is -0.392 e. The van der Waals surface area contributed by atoms with E-state index in [4.69, 9.17) is 5.26 Å². The highest BCUT2D eigenvalue weighted by Crippen LogP contribution is 2.10. The molecule has 0 fully saturated rings. The molecule has 0 aliphatic carbocycles. The largest absolute Gasteiger partial charge is 0.392 e. The zero-order chi connectivity index (χ0) is 19.8. The van der Waals surface area contributed by atoms with Crippen LogP contribution in [0.4, 0.5) is 5.69 Å². The molecule has 0 spiro atoms. The molecule has 2 rings (SSSR count). The molecule has 2 aromatic rings. The summed E-state index contributed by atoms with van der Waals surface area (Å²) in [6.07, 6.45) is 1.50. The SMILES string of the molecule is CCn1c(=O)/c(=C\Nc2cccc(CO)c2)s/c1=C(/C#N)C(=O)NCC#N. The Balaban J connectivity index is 2.53. The van der Waals surface area contributed by atoms with Crippen molar-refractivity contribution < 1.29 is 9.90 Å². The molecule has 0 saturated heterocycles. The molecule has 9 heteroatoms. The van der Waals surface area contributed by atoms with Crippen molar-refractivity contribution in [3.8, 4) is 12.1 Å². The van der Waals surface area contributed by atoms with Crippen molar-refractivity contribution >= 4 is 34.7 Å². The number of carbonyl (C=O) groups is 1. The van der Waals surface area contributed by atoms with Gasteiger partial charge in [0.15, 0.2) is 5.57 Å². The number of nitriles is 2. The predicted molar refractivity (Wildman–Crippen MR) is 102 cm³/mol. The molecule has 0 atom stereocenters. The first-order valence-electron chi connectivity index (χ1n) is 8.01. The number of benzene rings is 1. The van der Waals surface area contributed by atoms with E-state index < -0.39 is 5.91 Å². The molecule has 0 saturated carbocycles. The van der Waals surface area contributed by atoms with Gasteiger partial charge in [-0.05, 0) is 24.6 Å². The highest BCUT2D eigenvalue weighted by molar-refractivity contribution is 7.07. The van der Waals surface area contributed by atoms with E-state index >= 15 is 0 Å². The number of carbonyl (C=O) groups excluding carboxylic acids is 1. The number of hydrogen-bond acceptors (Lipinski definition) is 7. The van der Waals surface area contributed by atoms with E-state index in [-0.39, 0.29) is 35.5 Å². The number of rotatable bonds is 6. The van der Waals surface area contributed by atoms with E-state index in [9.17, 15) is 20.0 Å². The van der Waals surface area contributed by atoms with Crippen LogP contribution in [0.3, 0.4) is 0 Å². The fourth-order valence-electron chi connectivity index (χ4n) is 2.30. The van der Waals surface area contributed by atoms with Crippen LogP contribution in [0.25, 0.3) is 11.8 Å². The van der Waals surface area contributed by atoms with Crippen LogP contribution >= 0.6 is 11.3 Å². The molecule has 0 radical (unpaired) electrons. The molecule has 138 valence electrons. The lowest BCUT2D eigenvalue weighted by Crippen LogP contribution is -2.34. The molecule has 1 aromatic heterocycles. The Kier molecular flexibility index (Phi) is 6.89. The molecule has 0 unspecified atom stereocenters. The lowest BCUT2D eigenvalue weighted by Gasteiger charge is -2.01. The highest BCUT2D eigenvalue weighted by Gasteiger charge is 2.14. The Morgan fingerprint density at radius 3 is 2.81 bits per heavy atom. The number of aliphatic hydroxyl groups is 1. The number of aliphatic hydroxyl groups excluding tert-OH is 1. The standard InChI is InChI=1S/C18H17N5O3S/c1-2-23-17(26)15(10-22-13-5-3-4-12(8-13)11-24)27-18(23)14(9-20)16(25)21-7-6-19/h3-5,8,10,22,24H,2,7,11H2,1H3,(H,21,25)/b15-10+,18-14-. The van der Waals surface area contributed by atoms with Gasteiger partial charge in [-0.25, -0.2) is 0 Å². The average molecular weight is 383 g/mol. The van der Waals surface area contributed by atoms with Gasteiger partial charge in [0, 0.05) is 18.4 Å². The molecule has 27 heavy (non-hydrogen) atoms. The Bertz CT molecular complexity index is 1100. The van der Waals surface area contributed by atoms with Crippen LogP contribution in [0.1, 0.15) is 12.5 Å². The van der Waals surface area contributed by atoms with Crippen molar-refractivity contribution in [1.29, 1.82) is 10.5 Å². The lowest BCUT2D eigenvalue weighted by atomic mass is 10.2. The monoisotopic (exact) mass is 383 g/mol. The maximum atomic E-state index is 12.6. The molecule has 0 bridgehead atoms. The van der Waals surface area contributed by atoms with Crippen LogP contribution in [0.2, 0.25) is 0 Å². The fraction of sp³-hybridized carbons (Fsp3) is 0.222. The molecule has 1 heterocycles. The molecular formula is C18H17N5O3S. The van der Waals surface area contributed by atoms with Gasteiger partial charge in [0.2, 0.25) is 0 Å². The van der Waals surface area contributed by atoms with Gasteiger partial charge >= 0.3 is 0 Å². The molecule has 0 aliphatic heterocycles. The summed E-state index contributed by atoms with van der Waals surface area (Å²) < 4.78 is 1.90. The molecule has 3 N–H and O–H groups in total. The second-order valence-electron chi connectivity index (χ2n) is 5.30. The average Bonchev–Trinajstić information content (AvgIpc) is 3.00. The zero-order valence-corrected chi connectivity index (χ0v) is 15.3. The molecule has 0 aliphatic rings. The van der Waals surface area contributed by atoms with Gasteiger partial charge in [0.05, 0.1) is 12.7 Å². The van der Waals surface area contributed by atoms with Crippen molar-refractivity contribution in [2.45, 2.75) is 20.1 Å². The number of aromatic nitrogens is 1. The predicted octanol–water partition coefficient (Wildman–Crippen LogP) is -0.414. The first-order chi connectivity index (χ1) is 13.0. The van der Waals surface area contributed by atoms with Crippen LogP contribution in [0, 0.1) is 22.7 Å². The van der Waals surface area contributed by atoms with Crippen LogP contribution < -0.4 is 25.4 Å². The lowest BCUT2D eigenvalue weighted by molar-refractivity contribution is -0.115. The number of hydrogen-bond donors (Lipinski definition) is 3. The van der Waals surface area contributed by atoms with Crippen LogP contribution in [0.15, 0.2) is 29.1 Å². The quantitative estimate of drug-likeness (QED) is 0.581. The summed E-state index contributed by atoms with van der Waals surface area (Å²) in [5.74, 6) is -0.697. The second-order valence-corrected chi connectivity index (χ2v) is 6.33.